The maximum absolute atomic E-state index is 10.9. The molecule has 1 aromatic carbocycles. The molecule has 0 aliphatic heterocycles. The van der Waals surface area contributed by atoms with Crippen molar-refractivity contribution in [1.82, 2.24) is 19.7 Å². The predicted molar refractivity (Wildman–Crippen MR) is 111 cm³/mol. The van der Waals surface area contributed by atoms with Crippen molar-refractivity contribution < 1.29 is 19.1 Å². The molecule has 3 heterocycles. The largest absolute Gasteiger partial charge is 0.489 e. The number of aryl methyl sites for hydroxylation is 1. The van der Waals surface area contributed by atoms with Gasteiger partial charge in [-0.15, -0.1) is 10.2 Å². The summed E-state index contributed by atoms with van der Waals surface area (Å²) in [6.07, 6.45) is 3.46. The Balaban J connectivity index is 1.65. The molecule has 8 nitrogen and oxygen atoms in total. The van der Waals surface area contributed by atoms with Crippen molar-refractivity contribution in [2.24, 2.45) is 0 Å². The van der Waals surface area contributed by atoms with Crippen molar-refractivity contribution in [3.05, 3.63) is 47.7 Å². The van der Waals surface area contributed by atoms with Crippen LogP contribution in [0.5, 0.6) is 5.75 Å². The molecule has 0 bridgehead atoms. The van der Waals surface area contributed by atoms with Crippen molar-refractivity contribution in [2.45, 2.75) is 32.9 Å². The fraction of sp³-hybridized carbons (Fsp3) is 0.238. The minimum atomic E-state index is -0.863. The zero-order chi connectivity index (χ0) is 21.3. The Morgan fingerprint density at radius 3 is 2.77 bits per heavy atom. The van der Waals surface area contributed by atoms with E-state index in [4.69, 9.17) is 25.9 Å². The third-order valence-corrected chi connectivity index (χ3v) is 4.72. The van der Waals surface area contributed by atoms with E-state index in [9.17, 15) is 4.79 Å². The highest BCUT2D eigenvalue weighted by Gasteiger charge is 2.16. The molecule has 0 radical (unpaired) electrons. The van der Waals surface area contributed by atoms with E-state index >= 15 is 0 Å². The van der Waals surface area contributed by atoms with Crippen molar-refractivity contribution in [3.8, 4) is 28.7 Å². The number of hydrogen-bond acceptors (Lipinski definition) is 6. The Kier molecular flexibility index (Phi) is 5.41. The number of aliphatic carboxylic acids is 1. The van der Waals surface area contributed by atoms with E-state index in [1.807, 2.05) is 26.0 Å². The Bertz CT molecular complexity index is 1210. The number of aromatic nitrogens is 4. The Hall–Kier alpha value is -3.39. The van der Waals surface area contributed by atoms with Crippen LogP contribution in [0.1, 0.15) is 20.3 Å². The van der Waals surface area contributed by atoms with Crippen molar-refractivity contribution in [2.75, 3.05) is 0 Å². The summed E-state index contributed by atoms with van der Waals surface area (Å²) in [6.45, 7) is 4.19. The van der Waals surface area contributed by atoms with Gasteiger partial charge in [0.1, 0.15) is 11.4 Å². The van der Waals surface area contributed by atoms with Crippen LogP contribution in [-0.2, 0) is 11.3 Å². The minimum absolute atomic E-state index is 0.0116. The second kappa shape index (κ2) is 8.16. The first-order valence-electron chi connectivity index (χ1n) is 9.38. The molecule has 9 heteroatoms. The third kappa shape index (κ3) is 3.99. The molecule has 0 fully saturated rings. The van der Waals surface area contributed by atoms with E-state index in [-0.39, 0.29) is 12.5 Å². The lowest BCUT2D eigenvalue weighted by molar-refractivity contribution is -0.137. The molecular formula is C21H19ClN4O4. The van der Waals surface area contributed by atoms with Gasteiger partial charge in [-0.2, -0.15) is 0 Å². The summed E-state index contributed by atoms with van der Waals surface area (Å²) < 4.78 is 13.3. The topological polar surface area (TPSA) is 103 Å². The number of carbonyl (C=O) groups is 1. The lowest BCUT2D eigenvalue weighted by Crippen LogP contribution is -2.05. The quantitative estimate of drug-likeness (QED) is 0.458. The van der Waals surface area contributed by atoms with Crippen LogP contribution >= 0.6 is 11.6 Å². The zero-order valence-electron chi connectivity index (χ0n) is 16.4. The molecule has 0 aliphatic rings. The van der Waals surface area contributed by atoms with Gasteiger partial charge in [-0.05, 0) is 44.2 Å². The second-order valence-corrected chi connectivity index (χ2v) is 7.38. The lowest BCUT2D eigenvalue weighted by atomic mass is 10.2. The van der Waals surface area contributed by atoms with Gasteiger partial charge in [-0.25, -0.2) is 4.98 Å². The van der Waals surface area contributed by atoms with Gasteiger partial charge in [0.05, 0.1) is 23.1 Å². The van der Waals surface area contributed by atoms with Gasteiger partial charge in [0.15, 0.2) is 0 Å². The molecule has 1 N–H and O–H groups in total. The van der Waals surface area contributed by atoms with E-state index in [2.05, 4.69) is 15.2 Å². The Labute approximate surface area is 177 Å². The molecule has 0 aliphatic carbocycles. The molecule has 4 aromatic rings. The number of carboxylic acids is 1. The number of ether oxygens (including phenoxy) is 1. The first-order valence-corrected chi connectivity index (χ1v) is 9.76. The highest BCUT2D eigenvalue weighted by molar-refractivity contribution is 6.32. The number of pyridine rings is 1. The second-order valence-electron chi connectivity index (χ2n) is 6.97. The summed E-state index contributed by atoms with van der Waals surface area (Å²) >= 11 is 6.31. The molecule has 0 saturated carbocycles. The average molecular weight is 427 g/mol. The smallest absolute Gasteiger partial charge is 0.305 e. The van der Waals surface area contributed by atoms with Crippen LogP contribution < -0.4 is 4.74 Å². The summed E-state index contributed by atoms with van der Waals surface area (Å²) in [5, 5.41) is 18.5. The summed E-state index contributed by atoms with van der Waals surface area (Å²) in [5.41, 5.74) is 2.06. The highest BCUT2D eigenvalue weighted by Crippen LogP contribution is 2.33. The minimum Gasteiger partial charge on any atom is -0.489 e. The van der Waals surface area contributed by atoms with Gasteiger partial charge in [-0.1, -0.05) is 11.6 Å². The van der Waals surface area contributed by atoms with E-state index in [1.165, 1.54) is 0 Å². The number of hydrogen-bond donors (Lipinski definition) is 1. The first kappa shape index (κ1) is 19.9. The van der Waals surface area contributed by atoms with E-state index in [0.717, 1.165) is 10.9 Å². The number of carboxylic acid groups (broad SMARTS) is 1. The number of rotatable bonds is 7. The molecule has 30 heavy (non-hydrogen) atoms. The van der Waals surface area contributed by atoms with Crippen LogP contribution in [0.25, 0.3) is 33.9 Å². The van der Waals surface area contributed by atoms with Gasteiger partial charge in [0.25, 0.3) is 0 Å². The van der Waals surface area contributed by atoms with E-state index < -0.39 is 5.97 Å². The van der Waals surface area contributed by atoms with Gasteiger partial charge in [-0.3, -0.25) is 4.79 Å². The first-order chi connectivity index (χ1) is 14.4. The third-order valence-electron chi connectivity index (χ3n) is 4.43. The van der Waals surface area contributed by atoms with Crippen LogP contribution in [0.4, 0.5) is 0 Å². The molecule has 154 valence electrons. The summed E-state index contributed by atoms with van der Waals surface area (Å²) in [7, 11) is 0. The van der Waals surface area contributed by atoms with Gasteiger partial charge >= 0.3 is 5.97 Å². The van der Waals surface area contributed by atoms with Gasteiger partial charge in [0.2, 0.25) is 11.8 Å². The fourth-order valence-corrected chi connectivity index (χ4v) is 3.33. The molecule has 0 amide bonds. The fourth-order valence-electron chi connectivity index (χ4n) is 3.11. The SMILES string of the molecule is CC(C)Oc1ccc(-c2nnc(-c3ccnc4c3ccn4CCC(=O)O)o2)cc1Cl. The maximum Gasteiger partial charge on any atom is 0.305 e. The summed E-state index contributed by atoms with van der Waals surface area (Å²) in [4.78, 5) is 15.2. The average Bonchev–Trinajstić information content (AvgIpc) is 3.34. The van der Waals surface area contributed by atoms with Crippen LogP contribution in [-0.4, -0.2) is 36.9 Å². The summed E-state index contributed by atoms with van der Waals surface area (Å²) in [5.74, 6) is 0.400. The van der Waals surface area contributed by atoms with Crippen LogP contribution in [0.15, 0.2) is 47.1 Å². The number of halogens is 1. The monoisotopic (exact) mass is 426 g/mol. The Morgan fingerprint density at radius 2 is 2.03 bits per heavy atom. The number of fused-ring (bicyclic) bond motifs is 1. The maximum atomic E-state index is 10.9. The number of nitrogens with zero attached hydrogens (tertiary/aromatic N) is 4. The predicted octanol–water partition coefficient (Wildman–Crippen LogP) is 4.67. The lowest BCUT2D eigenvalue weighted by Gasteiger charge is -2.11. The molecular weight excluding hydrogens is 408 g/mol. The zero-order valence-corrected chi connectivity index (χ0v) is 17.1. The molecule has 3 aromatic heterocycles. The normalized spacial score (nSPS) is 11.3. The van der Waals surface area contributed by atoms with Crippen LogP contribution in [0.3, 0.4) is 0 Å². The molecule has 0 spiro atoms. The molecule has 4 rings (SSSR count). The van der Waals surface area contributed by atoms with Gasteiger partial charge in [0, 0.05) is 29.9 Å². The van der Waals surface area contributed by atoms with Crippen molar-refractivity contribution >= 4 is 28.6 Å². The highest BCUT2D eigenvalue weighted by atomic mass is 35.5. The van der Waals surface area contributed by atoms with Crippen molar-refractivity contribution in [3.63, 3.8) is 0 Å². The summed E-state index contributed by atoms with van der Waals surface area (Å²) in [6, 6.07) is 8.95. The number of benzene rings is 1. The van der Waals surface area contributed by atoms with Crippen molar-refractivity contribution in [1.29, 1.82) is 0 Å². The van der Waals surface area contributed by atoms with E-state index in [0.29, 0.717) is 40.3 Å². The van der Waals surface area contributed by atoms with Crippen LogP contribution in [0, 0.1) is 0 Å². The standard InChI is InChI=1S/C21H19ClN4O4/c1-12(2)29-17-4-3-13(11-16(17)22)20-24-25-21(30-20)15-5-8-23-19-14(15)6-9-26(19)10-7-18(27)28/h3-6,8-9,11-12H,7,10H2,1-2H3,(H,27,28). The Morgan fingerprint density at radius 1 is 1.23 bits per heavy atom. The van der Waals surface area contributed by atoms with E-state index in [1.54, 1.807) is 35.2 Å². The molecule has 0 unspecified atom stereocenters. The molecule has 0 saturated heterocycles. The van der Waals surface area contributed by atoms with Crippen LogP contribution in [0.2, 0.25) is 5.02 Å². The van der Waals surface area contributed by atoms with Gasteiger partial charge < -0.3 is 18.8 Å². The molecule has 0 atom stereocenters.